The summed E-state index contributed by atoms with van der Waals surface area (Å²) in [4.78, 5) is 14.0. The van der Waals surface area contributed by atoms with Gasteiger partial charge in [-0.25, -0.2) is 0 Å². The molecule has 110 valence electrons. The Morgan fingerprint density at radius 3 is 2.90 bits per heavy atom. The number of hydrogen-bond donors (Lipinski definition) is 1. The second kappa shape index (κ2) is 7.08. The zero-order chi connectivity index (χ0) is 14.5. The number of aryl methyl sites for hydroxylation is 1. The fourth-order valence-electron chi connectivity index (χ4n) is 2.01. The molecule has 7 heteroatoms. The average Bonchev–Trinajstić information content (AvgIpc) is 2.82. The molecule has 0 saturated carbocycles. The zero-order valence-corrected chi connectivity index (χ0v) is 13.4. The summed E-state index contributed by atoms with van der Waals surface area (Å²) in [5.74, 6) is 2.09. The monoisotopic (exact) mass is 313 g/mol. The number of anilines is 1. The summed E-state index contributed by atoms with van der Waals surface area (Å²) in [6.07, 6.45) is 2.34. The summed E-state index contributed by atoms with van der Waals surface area (Å²) in [5.41, 5.74) is 0. The van der Waals surface area contributed by atoms with E-state index in [-0.39, 0.29) is 5.91 Å². The number of hydrogen-bond acceptors (Lipinski definition) is 5. The molecule has 0 spiro atoms. The number of thiocarbonyl (C=S) groups is 1. The van der Waals surface area contributed by atoms with Gasteiger partial charge >= 0.3 is 0 Å². The standard InChI is InChI=1S/C13H19N3O2S2/c1-9-3-5-16(6-4-9)13(19)20-8-12(17)14-11-7-10(2)18-15-11/h7,9H,3-6,8H2,1-2H3,(H,14,15,17). The third-order valence-electron chi connectivity index (χ3n) is 3.26. The van der Waals surface area contributed by atoms with Crippen LogP contribution >= 0.6 is 24.0 Å². The Hall–Kier alpha value is -1.08. The normalized spacial score (nSPS) is 16.2. The Morgan fingerprint density at radius 2 is 2.30 bits per heavy atom. The number of aromatic nitrogens is 1. The van der Waals surface area contributed by atoms with Gasteiger partial charge in [0.1, 0.15) is 10.1 Å². The SMILES string of the molecule is Cc1cc(NC(=O)CSC(=S)N2CCC(C)CC2)no1. The molecule has 1 aliphatic heterocycles. The van der Waals surface area contributed by atoms with Crippen molar-refractivity contribution < 1.29 is 9.32 Å². The van der Waals surface area contributed by atoms with E-state index in [1.165, 1.54) is 24.6 Å². The van der Waals surface area contributed by atoms with Crippen molar-refractivity contribution in [1.82, 2.24) is 10.1 Å². The number of rotatable bonds is 3. The minimum atomic E-state index is -0.115. The Bertz CT molecular complexity index is 482. The highest BCUT2D eigenvalue weighted by atomic mass is 32.2. The molecule has 0 bridgehead atoms. The van der Waals surface area contributed by atoms with Gasteiger partial charge in [0, 0.05) is 19.2 Å². The number of amides is 1. The van der Waals surface area contributed by atoms with E-state index in [0.717, 1.165) is 23.3 Å². The third kappa shape index (κ3) is 4.49. The molecule has 2 rings (SSSR count). The Kier molecular flexibility index (Phi) is 5.42. The second-order valence-electron chi connectivity index (χ2n) is 5.10. The van der Waals surface area contributed by atoms with E-state index >= 15 is 0 Å². The second-order valence-corrected chi connectivity index (χ2v) is 6.70. The molecule has 2 heterocycles. The molecule has 0 aliphatic carbocycles. The highest BCUT2D eigenvalue weighted by molar-refractivity contribution is 8.23. The zero-order valence-electron chi connectivity index (χ0n) is 11.7. The first-order valence-electron chi connectivity index (χ1n) is 6.69. The predicted octanol–water partition coefficient (Wildman–Crippen LogP) is 2.67. The lowest BCUT2D eigenvalue weighted by atomic mass is 10.00. The van der Waals surface area contributed by atoms with Crippen molar-refractivity contribution in [2.45, 2.75) is 26.7 Å². The molecule has 20 heavy (non-hydrogen) atoms. The molecule has 1 aliphatic rings. The molecular formula is C13H19N3O2S2. The van der Waals surface area contributed by atoms with E-state index in [1.54, 1.807) is 13.0 Å². The maximum Gasteiger partial charge on any atom is 0.236 e. The van der Waals surface area contributed by atoms with E-state index in [2.05, 4.69) is 22.3 Å². The number of carbonyl (C=O) groups is 1. The fraction of sp³-hybridized carbons (Fsp3) is 0.615. The molecule has 0 aromatic carbocycles. The maximum absolute atomic E-state index is 11.8. The minimum Gasteiger partial charge on any atom is -0.360 e. The van der Waals surface area contributed by atoms with Crippen molar-refractivity contribution in [2.75, 3.05) is 24.2 Å². The molecular weight excluding hydrogens is 294 g/mol. The van der Waals surface area contributed by atoms with E-state index in [1.807, 2.05) is 0 Å². The van der Waals surface area contributed by atoms with E-state index in [9.17, 15) is 4.79 Å². The number of nitrogens with zero attached hydrogens (tertiary/aromatic N) is 2. The third-order valence-corrected chi connectivity index (χ3v) is 4.79. The van der Waals surface area contributed by atoms with Gasteiger partial charge in [-0.05, 0) is 25.7 Å². The van der Waals surface area contributed by atoms with Gasteiger partial charge in [-0.3, -0.25) is 4.79 Å². The van der Waals surface area contributed by atoms with Gasteiger partial charge in [0.15, 0.2) is 5.82 Å². The van der Waals surface area contributed by atoms with Gasteiger partial charge in [-0.1, -0.05) is 36.1 Å². The van der Waals surface area contributed by atoms with Crippen molar-refractivity contribution >= 4 is 40.0 Å². The van der Waals surface area contributed by atoms with Gasteiger partial charge in [-0.2, -0.15) is 0 Å². The lowest BCUT2D eigenvalue weighted by Crippen LogP contribution is -2.36. The first-order chi connectivity index (χ1) is 9.54. The molecule has 1 aromatic rings. The van der Waals surface area contributed by atoms with Gasteiger partial charge in [0.25, 0.3) is 0 Å². The van der Waals surface area contributed by atoms with Crippen LogP contribution in [0.3, 0.4) is 0 Å². The first-order valence-corrected chi connectivity index (χ1v) is 8.09. The highest BCUT2D eigenvalue weighted by Gasteiger charge is 2.18. The summed E-state index contributed by atoms with van der Waals surface area (Å²) in [6, 6.07) is 1.69. The summed E-state index contributed by atoms with van der Waals surface area (Å²) in [5, 5.41) is 6.41. The molecule has 0 atom stereocenters. The van der Waals surface area contributed by atoms with Crippen LogP contribution in [0.15, 0.2) is 10.6 Å². The van der Waals surface area contributed by atoms with Crippen LogP contribution in [0.1, 0.15) is 25.5 Å². The molecule has 5 nitrogen and oxygen atoms in total. The van der Waals surface area contributed by atoms with Crippen LogP contribution in [0.2, 0.25) is 0 Å². The van der Waals surface area contributed by atoms with Crippen LogP contribution in [-0.4, -0.2) is 39.1 Å². The average molecular weight is 313 g/mol. The largest absolute Gasteiger partial charge is 0.360 e. The Morgan fingerprint density at radius 1 is 1.60 bits per heavy atom. The van der Waals surface area contributed by atoms with Crippen LogP contribution in [0.5, 0.6) is 0 Å². The first kappa shape index (κ1) is 15.3. The highest BCUT2D eigenvalue weighted by Crippen LogP contribution is 2.20. The minimum absolute atomic E-state index is 0.115. The topological polar surface area (TPSA) is 58.4 Å². The van der Waals surface area contributed by atoms with Crippen LogP contribution in [-0.2, 0) is 4.79 Å². The molecule has 1 aromatic heterocycles. The van der Waals surface area contributed by atoms with Crippen LogP contribution in [0.4, 0.5) is 5.82 Å². The van der Waals surface area contributed by atoms with Gasteiger partial charge < -0.3 is 14.7 Å². The van der Waals surface area contributed by atoms with Crippen molar-refractivity contribution in [2.24, 2.45) is 5.92 Å². The lowest BCUT2D eigenvalue weighted by molar-refractivity contribution is -0.113. The van der Waals surface area contributed by atoms with Crippen LogP contribution in [0, 0.1) is 12.8 Å². The molecule has 1 N–H and O–H groups in total. The maximum atomic E-state index is 11.8. The quantitative estimate of drug-likeness (QED) is 0.866. The van der Waals surface area contributed by atoms with Crippen LogP contribution < -0.4 is 5.32 Å². The lowest BCUT2D eigenvalue weighted by Gasteiger charge is -2.31. The van der Waals surface area contributed by atoms with E-state index < -0.39 is 0 Å². The van der Waals surface area contributed by atoms with Crippen molar-refractivity contribution in [3.05, 3.63) is 11.8 Å². The molecule has 1 fully saturated rings. The van der Waals surface area contributed by atoms with E-state index in [4.69, 9.17) is 16.7 Å². The fourth-order valence-corrected chi connectivity index (χ4v) is 3.07. The van der Waals surface area contributed by atoms with Gasteiger partial charge in [-0.15, -0.1) is 0 Å². The van der Waals surface area contributed by atoms with Crippen molar-refractivity contribution in [3.63, 3.8) is 0 Å². The predicted molar refractivity (Wildman–Crippen MR) is 84.9 cm³/mol. The molecule has 0 radical (unpaired) electrons. The number of piperidine rings is 1. The van der Waals surface area contributed by atoms with Crippen LogP contribution in [0.25, 0.3) is 0 Å². The molecule has 1 saturated heterocycles. The summed E-state index contributed by atoms with van der Waals surface area (Å²) >= 11 is 6.78. The summed E-state index contributed by atoms with van der Waals surface area (Å²) in [6.45, 7) is 6.04. The summed E-state index contributed by atoms with van der Waals surface area (Å²) in [7, 11) is 0. The number of likely N-dealkylation sites (tertiary alicyclic amines) is 1. The van der Waals surface area contributed by atoms with Gasteiger partial charge in [0.05, 0.1) is 5.75 Å². The Labute approximate surface area is 128 Å². The number of thioether (sulfide) groups is 1. The molecule has 0 unspecified atom stereocenters. The Balaban J connectivity index is 1.71. The van der Waals surface area contributed by atoms with E-state index in [0.29, 0.717) is 17.3 Å². The summed E-state index contributed by atoms with van der Waals surface area (Å²) < 4.78 is 5.70. The van der Waals surface area contributed by atoms with Gasteiger partial charge in [0.2, 0.25) is 5.91 Å². The molecule has 1 amide bonds. The number of nitrogens with one attached hydrogen (secondary N) is 1. The van der Waals surface area contributed by atoms with Crippen molar-refractivity contribution in [3.8, 4) is 0 Å². The van der Waals surface area contributed by atoms with Crippen molar-refractivity contribution in [1.29, 1.82) is 0 Å². The number of carbonyl (C=O) groups excluding carboxylic acids is 1. The smallest absolute Gasteiger partial charge is 0.236 e.